The average molecular weight is 477 g/mol. The second-order valence-corrected chi connectivity index (χ2v) is 8.64. The molecule has 3 atom stereocenters. The van der Waals surface area contributed by atoms with Gasteiger partial charge in [-0.05, 0) is 61.6 Å². The molecule has 2 aromatic rings. The molecule has 0 aromatic heterocycles. The Morgan fingerprint density at radius 3 is 2.58 bits per heavy atom. The molecule has 0 spiro atoms. The Balaban J connectivity index is 0.00000149. The molecule has 4 rings (SSSR count). The van der Waals surface area contributed by atoms with E-state index in [4.69, 9.17) is 30.5 Å². The summed E-state index contributed by atoms with van der Waals surface area (Å²) in [7, 11) is 0. The van der Waals surface area contributed by atoms with Crippen molar-refractivity contribution in [2.75, 3.05) is 26.4 Å². The van der Waals surface area contributed by atoms with Crippen LogP contribution in [0.1, 0.15) is 69.2 Å². The predicted molar refractivity (Wildman–Crippen MR) is 132 cm³/mol. The smallest absolute Gasteiger partial charge is 0.126 e. The normalized spacial score (nSPS) is 23.0. The lowest BCUT2D eigenvalue weighted by Gasteiger charge is -2.34. The quantitative estimate of drug-likeness (QED) is 0.575. The largest absolute Gasteiger partial charge is 0.494 e. The summed E-state index contributed by atoms with van der Waals surface area (Å²) in [5, 5.41) is 11.1. The number of ether oxygens (including phenoxy) is 4. The Bertz CT molecular complexity index is 854. The van der Waals surface area contributed by atoms with Gasteiger partial charge in [0.25, 0.3) is 0 Å². The highest BCUT2D eigenvalue weighted by atomic mass is 35.5. The minimum absolute atomic E-state index is 0.119. The predicted octanol–water partition coefficient (Wildman–Crippen LogP) is 6.13. The van der Waals surface area contributed by atoms with E-state index in [1.165, 1.54) is 0 Å². The first-order valence-corrected chi connectivity index (χ1v) is 12.6. The van der Waals surface area contributed by atoms with Crippen molar-refractivity contribution in [3.05, 3.63) is 58.1 Å². The van der Waals surface area contributed by atoms with E-state index in [2.05, 4.69) is 18.2 Å². The van der Waals surface area contributed by atoms with E-state index in [-0.39, 0.29) is 12.2 Å². The van der Waals surface area contributed by atoms with Crippen LogP contribution in [0.5, 0.6) is 11.5 Å². The molecule has 2 aliphatic heterocycles. The molecule has 2 aromatic carbocycles. The summed E-state index contributed by atoms with van der Waals surface area (Å²) >= 11 is 6.66. The second kappa shape index (κ2) is 13.2. The monoisotopic (exact) mass is 476 g/mol. The molecule has 1 saturated heterocycles. The Morgan fingerprint density at radius 1 is 1.06 bits per heavy atom. The van der Waals surface area contributed by atoms with Gasteiger partial charge in [-0.1, -0.05) is 37.6 Å². The molecule has 5 nitrogen and oxygen atoms in total. The Kier molecular flexibility index (Phi) is 10.3. The van der Waals surface area contributed by atoms with E-state index in [1.54, 1.807) is 0 Å². The summed E-state index contributed by atoms with van der Waals surface area (Å²) in [4.78, 5) is 0. The lowest BCUT2D eigenvalue weighted by molar-refractivity contribution is -0.124. The Morgan fingerprint density at radius 2 is 1.82 bits per heavy atom. The molecule has 2 aliphatic rings. The first kappa shape index (κ1) is 25.8. The summed E-state index contributed by atoms with van der Waals surface area (Å²) in [6.45, 7) is 8.41. The van der Waals surface area contributed by atoms with Crippen molar-refractivity contribution in [1.29, 1.82) is 0 Å². The van der Waals surface area contributed by atoms with Gasteiger partial charge in [0.2, 0.25) is 0 Å². The van der Waals surface area contributed by atoms with Crippen LogP contribution >= 0.6 is 11.6 Å². The molecular weight excluding hydrogens is 440 g/mol. The summed E-state index contributed by atoms with van der Waals surface area (Å²) in [5.41, 5.74) is 3.11. The number of aliphatic hydroxyl groups excluding tert-OH is 1. The van der Waals surface area contributed by atoms with Crippen molar-refractivity contribution in [2.45, 2.75) is 71.2 Å². The van der Waals surface area contributed by atoms with Crippen LogP contribution < -0.4 is 9.47 Å². The molecule has 0 radical (unpaired) electrons. The Hall–Kier alpha value is -1.79. The first-order valence-electron chi connectivity index (χ1n) is 12.2. The van der Waals surface area contributed by atoms with Crippen molar-refractivity contribution in [1.82, 2.24) is 0 Å². The fourth-order valence-corrected chi connectivity index (χ4v) is 4.44. The van der Waals surface area contributed by atoms with Crippen LogP contribution in [0, 0.1) is 0 Å². The van der Waals surface area contributed by atoms with E-state index in [1.807, 2.05) is 39.0 Å². The maximum atomic E-state index is 10.5. The zero-order valence-corrected chi connectivity index (χ0v) is 20.8. The van der Waals surface area contributed by atoms with Crippen LogP contribution in [0.4, 0.5) is 0 Å². The zero-order valence-electron chi connectivity index (χ0n) is 20.0. The highest BCUT2D eigenvalue weighted by Crippen LogP contribution is 2.40. The van der Waals surface area contributed by atoms with Crippen LogP contribution in [-0.4, -0.2) is 43.7 Å². The lowest BCUT2D eigenvalue weighted by atomic mass is 9.93. The van der Waals surface area contributed by atoms with Crippen LogP contribution in [0.2, 0.25) is 5.02 Å². The summed E-state index contributed by atoms with van der Waals surface area (Å²) < 4.78 is 23.7. The third-order valence-electron chi connectivity index (χ3n) is 5.78. The lowest BCUT2D eigenvalue weighted by Crippen LogP contribution is -2.34. The third-order valence-corrected chi connectivity index (χ3v) is 6.13. The average Bonchev–Trinajstić information content (AvgIpc) is 2.81. The first-order chi connectivity index (χ1) is 16.1. The minimum atomic E-state index is -0.423. The van der Waals surface area contributed by atoms with E-state index >= 15 is 0 Å². The van der Waals surface area contributed by atoms with Gasteiger partial charge in [-0.15, -0.1) is 0 Å². The molecule has 2 heterocycles. The van der Waals surface area contributed by atoms with Gasteiger partial charge in [0.1, 0.15) is 11.5 Å². The summed E-state index contributed by atoms with van der Waals surface area (Å²) in [6, 6.07) is 12.1. The molecular formula is C27H37ClO5. The van der Waals surface area contributed by atoms with E-state index in [0.717, 1.165) is 41.0 Å². The summed E-state index contributed by atoms with van der Waals surface area (Å²) in [5.74, 6) is 1.61. The summed E-state index contributed by atoms with van der Waals surface area (Å²) in [6.07, 6.45) is 2.89. The van der Waals surface area contributed by atoms with Gasteiger partial charge in [0, 0.05) is 30.0 Å². The highest BCUT2D eigenvalue weighted by Gasteiger charge is 2.32. The maximum Gasteiger partial charge on any atom is 0.126 e. The number of hydrogen-bond acceptors (Lipinski definition) is 5. The molecule has 1 N–H and O–H groups in total. The molecule has 2 bridgehead atoms. The number of rotatable bonds is 4. The fourth-order valence-electron chi connectivity index (χ4n) is 4.22. The van der Waals surface area contributed by atoms with Crippen molar-refractivity contribution < 1.29 is 24.1 Å². The Labute approximate surface area is 203 Å². The van der Waals surface area contributed by atoms with Gasteiger partial charge in [-0.2, -0.15) is 0 Å². The molecule has 1 fully saturated rings. The van der Waals surface area contributed by atoms with Gasteiger partial charge >= 0.3 is 0 Å². The molecule has 33 heavy (non-hydrogen) atoms. The van der Waals surface area contributed by atoms with Crippen molar-refractivity contribution in [2.24, 2.45) is 0 Å². The molecule has 0 saturated carbocycles. The number of fused-ring (bicyclic) bond motifs is 4. The van der Waals surface area contributed by atoms with Crippen LogP contribution in [-0.2, 0) is 15.9 Å². The van der Waals surface area contributed by atoms with Crippen molar-refractivity contribution >= 4 is 11.6 Å². The fraction of sp³-hybridized carbons (Fsp3) is 0.556. The van der Waals surface area contributed by atoms with Crippen molar-refractivity contribution in [3.8, 4) is 11.5 Å². The van der Waals surface area contributed by atoms with Gasteiger partial charge < -0.3 is 24.1 Å². The standard InChI is InChI=1S/C25H31ClO5.C2H6/c1-2-29-20-7-5-17(6-8-20)11-18-12-22-24(15-23(18)26)30-10-4-3-9-28-16-21-13-19(27)14-25(22)31-21;1-2/h5-8,12,15,19,21,25,27H,2-4,9-11,13-14,16H2,1H3;1-2H3. The molecule has 182 valence electrons. The number of benzene rings is 2. The third kappa shape index (κ3) is 7.35. The van der Waals surface area contributed by atoms with Crippen LogP contribution in [0.3, 0.4) is 0 Å². The molecule has 0 amide bonds. The zero-order chi connectivity index (χ0) is 23.6. The van der Waals surface area contributed by atoms with Gasteiger partial charge in [-0.3, -0.25) is 0 Å². The SMILES string of the molecule is CC.CCOc1ccc(Cc2cc3c(cc2Cl)OCCCCOCC2CC(O)CC3O2)cc1. The molecule has 3 unspecified atom stereocenters. The van der Waals surface area contributed by atoms with E-state index < -0.39 is 6.10 Å². The highest BCUT2D eigenvalue weighted by molar-refractivity contribution is 6.31. The van der Waals surface area contributed by atoms with Gasteiger partial charge in [-0.25, -0.2) is 0 Å². The minimum Gasteiger partial charge on any atom is -0.494 e. The van der Waals surface area contributed by atoms with E-state index in [9.17, 15) is 5.11 Å². The number of aliphatic hydroxyl groups is 1. The van der Waals surface area contributed by atoms with Crippen LogP contribution in [0.25, 0.3) is 0 Å². The number of hydrogen-bond donors (Lipinski definition) is 1. The van der Waals surface area contributed by atoms with Gasteiger partial charge in [0.15, 0.2) is 0 Å². The van der Waals surface area contributed by atoms with Gasteiger partial charge in [0.05, 0.1) is 38.1 Å². The molecule has 6 heteroatoms. The number of halogens is 1. The van der Waals surface area contributed by atoms with Crippen molar-refractivity contribution in [3.63, 3.8) is 0 Å². The maximum absolute atomic E-state index is 10.5. The molecule has 0 aliphatic carbocycles. The van der Waals surface area contributed by atoms with Crippen LogP contribution in [0.15, 0.2) is 36.4 Å². The van der Waals surface area contributed by atoms with E-state index in [0.29, 0.717) is 50.7 Å². The topological polar surface area (TPSA) is 57.2 Å². The second-order valence-electron chi connectivity index (χ2n) is 8.24.